The first kappa shape index (κ1) is 27.9. The van der Waals surface area contributed by atoms with E-state index >= 15 is 0 Å². The SMILES string of the molecule is c1ccc(N(c2ccc(-c3cccc4ccc5c6ccccc6sc5c34)cc2)c2ccc3c(c2)c2ccccc2n3-c2ccccc2)cc1. The number of thiophene rings is 1. The highest BCUT2D eigenvalue weighted by Crippen LogP contribution is 2.44. The van der Waals surface area contributed by atoms with Gasteiger partial charge in [0.05, 0.1) is 11.0 Å². The predicted octanol–water partition coefficient (Wildman–Crippen LogP) is 13.4. The Morgan fingerprint density at radius 1 is 0.429 bits per heavy atom. The summed E-state index contributed by atoms with van der Waals surface area (Å²) in [6.07, 6.45) is 0. The number of rotatable bonds is 5. The Morgan fingerprint density at radius 3 is 1.94 bits per heavy atom. The summed E-state index contributed by atoms with van der Waals surface area (Å²) in [5.41, 5.74) is 9.42. The Labute approximate surface area is 288 Å². The first-order chi connectivity index (χ1) is 24.3. The van der Waals surface area contributed by atoms with Crippen LogP contribution in [0.3, 0.4) is 0 Å². The molecule has 10 aromatic rings. The van der Waals surface area contributed by atoms with Crippen LogP contribution in [-0.2, 0) is 0 Å². The van der Waals surface area contributed by atoms with Crippen LogP contribution in [0.5, 0.6) is 0 Å². The first-order valence-electron chi connectivity index (χ1n) is 16.7. The molecular formula is C46H30N2S. The van der Waals surface area contributed by atoms with Crippen molar-refractivity contribution in [2.24, 2.45) is 0 Å². The molecule has 0 unspecified atom stereocenters. The molecule has 0 aliphatic heterocycles. The summed E-state index contributed by atoms with van der Waals surface area (Å²) in [6, 6.07) is 66.0. The van der Waals surface area contributed by atoms with Crippen molar-refractivity contribution in [2.45, 2.75) is 0 Å². The molecule has 0 bridgehead atoms. The van der Waals surface area contributed by atoms with Gasteiger partial charge in [-0.05, 0) is 83.2 Å². The minimum absolute atomic E-state index is 1.12. The van der Waals surface area contributed by atoms with E-state index in [4.69, 9.17) is 0 Å². The summed E-state index contributed by atoms with van der Waals surface area (Å²) in [5, 5.41) is 7.74. The van der Waals surface area contributed by atoms with E-state index in [1.54, 1.807) is 0 Å². The molecule has 49 heavy (non-hydrogen) atoms. The van der Waals surface area contributed by atoms with Crippen LogP contribution in [0.25, 0.3) is 69.6 Å². The molecule has 2 nitrogen and oxygen atoms in total. The van der Waals surface area contributed by atoms with Gasteiger partial charge in [0.1, 0.15) is 0 Å². The number of anilines is 3. The maximum Gasteiger partial charge on any atom is 0.0542 e. The van der Waals surface area contributed by atoms with Crippen LogP contribution >= 0.6 is 11.3 Å². The Hall–Kier alpha value is -6.16. The van der Waals surface area contributed by atoms with Crippen molar-refractivity contribution in [3.63, 3.8) is 0 Å². The molecule has 0 saturated heterocycles. The molecule has 3 heteroatoms. The highest BCUT2D eigenvalue weighted by atomic mass is 32.1. The van der Waals surface area contributed by atoms with E-state index < -0.39 is 0 Å². The molecule has 2 heterocycles. The lowest BCUT2D eigenvalue weighted by Gasteiger charge is -2.26. The molecule has 0 aliphatic rings. The minimum Gasteiger partial charge on any atom is -0.310 e. The highest BCUT2D eigenvalue weighted by molar-refractivity contribution is 7.26. The zero-order chi connectivity index (χ0) is 32.3. The van der Waals surface area contributed by atoms with Gasteiger partial charge in [0, 0.05) is 59.1 Å². The standard InChI is InChI=1S/C46H30N2S/c1-3-13-33(14-4-1)47(36-27-29-43-41(30-36)38-17-7-9-20-42(38)48(43)34-15-5-2-6-16-34)35-25-22-31(23-26-35)37-19-11-12-32-24-28-40-39-18-8-10-21-44(39)49-46(40)45(32)37/h1-30H. The van der Waals surface area contributed by atoms with Gasteiger partial charge in [-0.15, -0.1) is 11.3 Å². The van der Waals surface area contributed by atoms with Crippen LogP contribution < -0.4 is 4.90 Å². The normalized spacial score (nSPS) is 11.7. The van der Waals surface area contributed by atoms with Gasteiger partial charge in [-0.3, -0.25) is 0 Å². The van der Waals surface area contributed by atoms with Crippen molar-refractivity contribution < 1.29 is 0 Å². The van der Waals surface area contributed by atoms with Crippen molar-refractivity contribution in [2.75, 3.05) is 4.90 Å². The Balaban J connectivity index is 1.13. The van der Waals surface area contributed by atoms with E-state index in [0.29, 0.717) is 0 Å². The van der Waals surface area contributed by atoms with Crippen molar-refractivity contribution in [1.29, 1.82) is 0 Å². The fourth-order valence-corrected chi connectivity index (χ4v) is 8.83. The third-order valence-electron chi connectivity index (χ3n) is 9.77. The summed E-state index contributed by atoms with van der Waals surface area (Å²) >= 11 is 1.89. The zero-order valence-electron chi connectivity index (χ0n) is 26.6. The first-order valence-corrected chi connectivity index (χ1v) is 17.5. The van der Waals surface area contributed by atoms with E-state index in [-0.39, 0.29) is 0 Å². The molecule has 2 aromatic heterocycles. The van der Waals surface area contributed by atoms with Gasteiger partial charge in [-0.2, -0.15) is 0 Å². The number of hydrogen-bond acceptors (Lipinski definition) is 2. The predicted molar refractivity (Wildman–Crippen MR) is 211 cm³/mol. The second kappa shape index (κ2) is 11.2. The summed E-state index contributed by atoms with van der Waals surface area (Å²) in [7, 11) is 0. The number of benzene rings is 8. The Kier molecular flexibility index (Phi) is 6.39. The number of fused-ring (bicyclic) bond motifs is 8. The van der Waals surface area contributed by atoms with Crippen LogP contribution in [0.15, 0.2) is 182 Å². The molecule has 0 amide bonds. The van der Waals surface area contributed by atoms with Gasteiger partial charge >= 0.3 is 0 Å². The lowest BCUT2D eigenvalue weighted by molar-refractivity contribution is 1.18. The summed E-state index contributed by atoms with van der Waals surface area (Å²) in [6.45, 7) is 0. The van der Waals surface area contributed by atoms with Gasteiger partial charge in [0.15, 0.2) is 0 Å². The average molecular weight is 643 g/mol. The second-order valence-electron chi connectivity index (χ2n) is 12.6. The number of para-hydroxylation sites is 3. The highest BCUT2D eigenvalue weighted by Gasteiger charge is 2.18. The van der Waals surface area contributed by atoms with Crippen LogP contribution in [0, 0.1) is 0 Å². The van der Waals surface area contributed by atoms with Crippen molar-refractivity contribution >= 4 is 81.1 Å². The minimum atomic E-state index is 1.12. The van der Waals surface area contributed by atoms with Crippen molar-refractivity contribution in [3.05, 3.63) is 182 Å². The number of aromatic nitrogens is 1. The van der Waals surface area contributed by atoms with Gasteiger partial charge in [-0.25, -0.2) is 0 Å². The van der Waals surface area contributed by atoms with Crippen molar-refractivity contribution in [1.82, 2.24) is 4.57 Å². The molecule has 0 radical (unpaired) electrons. The van der Waals surface area contributed by atoms with E-state index in [2.05, 4.69) is 191 Å². The van der Waals surface area contributed by atoms with Gasteiger partial charge < -0.3 is 9.47 Å². The van der Waals surface area contributed by atoms with E-state index in [0.717, 1.165) is 17.1 Å². The van der Waals surface area contributed by atoms with Gasteiger partial charge in [0.2, 0.25) is 0 Å². The summed E-state index contributed by atoms with van der Waals surface area (Å²) in [5.74, 6) is 0. The average Bonchev–Trinajstić information content (AvgIpc) is 3.72. The van der Waals surface area contributed by atoms with E-state index in [1.165, 1.54) is 69.6 Å². The van der Waals surface area contributed by atoms with Crippen molar-refractivity contribution in [3.8, 4) is 16.8 Å². The molecule has 10 rings (SSSR count). The fourth-order valence-electron chi connectivity index (χ4n) is 7.56. The lowest BCUT2D eigenvalue weighted by atomic mass is 9.96. The Morgan fingerprint density at radius 2 is 1.10 bits per heavy atom. The van der Waals surface area contributed by atoms with Crippen LogP contribution in [0.1, 0.15) is 0 Å². The van der Waals surface area contributed by atoms with Crippen LogP contribution in [0.2, 0.25) is 0 Å². The lowest BCUT2D eigenvalue weighted by Crippen LogP contribution is -2.09. The van der Waals surface area contributed by atoms with E-state index in [9.17, 15) is 0 Å². The van der Waals surface area contributed by atoms with Crippen LogP contribution in [-0.4, -0.2) is 4.57 Å². The second-order valence-corrected chi connectivity index (χ2v) is 13.6. The molecule has 8 aromatic carbocycles. The van der Waals surface area contributed by atoms with Gasteiger partial charge in [-0.1, -0.05) is 115 Å². The third kappa shape index (κ3) is 4.47. The largest absolute Gasteiger partial charge is 0.310 e. The van der Waals surface area contributed by atoms with E-state index in [1.807, 2.05) is 11.3 Å². The monoisotopic (exact) mass is 642 g/mol. The summed E-state index contributed by atoms with van der Waals surface area (Å²) < 4.78 is 5.05. The van der Waals surface area contributed by atoms with Crippen LogP contribution in [0.4, 0.5) is 17.1 Å². The topological polar surface area (TPSA) is 8.17 Å². The maximum atomic E-state index is 2.37. The molecule has 230 valence electrons. The van der Waals surface area contributed by atoms with Gasteiger partial charge in [0.25, 0.3) is 0 Å². The molecule has 0 aliphatic carbocycles. The molecule has 0 spiro atoms. The zero-order valence-corrected chi connectivity index (χ0v) is 27.4. The number of hydrogen-bond donors (Lipinski definition) is 0. The summed E-state index contributed by atoms with van der Waals surface area (Å²) in [4.78, 5) is 2.37. The third-order valence-corrected chi connectivity index (χ3v) is 11.0. The maximum absolute atomic E-state index is 2.37. The Bertz CT molecular complexity index is 2810. The quantitative estimate of drug-likeness (QED) is 0.181. The number of nitrogens with zero attached hydrogens (tertiary/aromatic N) is 2. The molecule has 0 saturated carbocycles. The fraction of sp³-hybridized carbons (Fsp3) is 0. The smallest absolute Gasteiger partial charge is 0.0542 e. The molecular weight excluding hydrogens is 613 g/mol. The molecule has 0 atom stereocenters. The molecule has 0 fully saturated rings. The molecule has 0 N–H and O–H groups in total.